The zero-order chi connectivity index (χ0) is 77.7. The van der Waals surface area contributed by atoms with Crippen molar-refractivity contribution >= 4 is 23.9 Å². The van der Waals surface area contributed by atoms with E-state index in [1.165, 1.54) is 128 Å². The number of hydrogen-bond acceptors (Lipinski definition) is 12. The zero-order valence-corrected chi connectivity index (χ0v) is 69.5. The van der Waals surface area contributed by atoms with Gasteiger partial charge in [0, 0.05) is 58.8 Å². The standard InChI is InChI=1S/2C47H78O6/c1-8-9-10-17-24-41(52-37(4)48)25-18-15-13-11-12-14-16-19-26-45(50)53-44-34-40(49)33-39(36(44)3)28-27-38-23-21-32-47(7)42(29-30-43(38)47)35(2)22-20-31-46(5,6)51;1-8-9-10-17-24-40(52-37(4)48)25-18-15-13-11-12-14-16-19-26-45(50)53-41-33-39(36(3)44(49)34-41)28-27-38-23-21-32-47(7)42(29-30-43(38)47)35(2)22-20-31-46(5,6)51/h2*15,18,27-28,35,40-44,49,51H,3,8-14,16-17,19-26,29-34H2,1-2,4-7H3/b2*18-15-,38-27+,39-28-/t2*35-,40-,41-,42-,43+,44+,47-/m11/s1. The van der Waals surface area contributed by atoms with Crippen LogP contribution in [0.15, 0.2) is 95.2 Å². The number of rotatable bonds is 46. The summed E-state index contributed by atoms with van der Waals surface area (Å²) >= 11 is 0. The maximum atomic E-state index is 12.8. The summed E-state index contributed by atoms with van der Waals surface area (Å²) in [6.45, 7) is 33.5. The van der Waals surface area contributed by atoms with Gasteiger partial charge in [0.1, 0.15) is 24.4 Å². The Kier molecular flexibility index (Phi) is 42.1. The average molecular weight is 1480 g/mol. The lowest BCUT2D eigenvalue weighted by atomic mass is 9.60. The average Bonchev–Trinajstić information content (AvgIpc) is 1.59. The first-order chi connectivity index (χ1) is 50.5. The normalized spacial score (nSPS) is 27.7. The van der Waals surface area contributed by atoms with Gasteiger partial charge in [-0.05, 0) is 244 Å². The minimum Gasteiger partial charge on any atom is -0.462 e. The Morgan fingerprint density at radius 3 is 1.39 bits per heavy atom. The van der Waals surface area contributed by atoms with Crippen LogP contribution in [-0.4, -0.2) is 92.1 Å². The molecule has 106 heavy (non-hydrogen) atoms. The molecule has 6 saturated carbocycles. The van der Waals surface area contributed by atoms with Crippen molar-refractivity contribution in [1.29, 1.82) is 0 Å². The lowest BCUT2D eigenvalue weighted by Gasteiger charge is -2.44. The van der Waals surface area contributed by atoms with E-state index in [2.05, 4.69) is 103 Å². The number of aliphatic hydroxyl groups excluding tert-OH is 2. The molecule has 0 heterocycles. The number of unbranched alkanes of at least 4 members (excludes halogenated alkanes) is 16. The molecule has 604 valence electrons. The van der Waals surface area contributed by atoms with Crippen molar-refractivity contribution in [2.24, 2.45) is 46.3 Å². The Hall–Kier alpha value is -4.36. The van der Waals surface area contributed by atoms with Gasteiger partial charge >= 0.3 is 23.9 Å². The Morgan fingerprint density at radius 1 is 0.519 bits per heavy atom. The quantitative estimate of drug-likeness (QED) is 0.0196. The summed E-state index contributed by atoms with van der Waals surface area (Å²) in [6, 6.07) is 0. The summed E-state index contributed by atoms with van der Waals surface area (Å²) < 4.78 is 22.8. The summed E-state index contributed by atoms with van der Waals surface area (Å²) in [6.07, 6.45) is 62.4. The lowest BCUT2D eigenvalue weighted by molar-refractivity contribution is -0.151. The fraction of sp³-hybridized carbons (Fsp3) is 0.787. The van der Waals surface area contributed by atoms with Gasteiger partial charge in [-0.2, -0.15) is 0 Å². The molecule has 0 aromatic carbocycles. The third-order valence-corrected chi connectivity index (χ3v) is 25.5. The SMILES string of the molecule is C=C1/C(=C\C=C2/CCC[C@]3(C)[C@@H]([C@H](C)CCCC(C)(C)O)CC[C@@H]23)C[C@@H](O)C[C@@H]1OC(=O)CCCCCCC/C=C\C[C@@H](CCCCCC)OC(C)=O.C=C1/C(=C\C=C2/CCC[C@]3(C)[C@@H]([C@H](C)CCCC(C)(C)O)CC[C@@H]23)C[C@@H](OC(=O)CCCCCCC/C=C\C[C@@H](CCCCCC)OC(C)=O)C[C@@H]1O. The summed E-state index contributed by atoms with van der Waals surface area (Å²) in [7, 11) is 0. The number of carbonyl (C=O) groups excluding carboxylic acids is 4. The predicted molar refractivity (Wildman–Crippen MR) is 437 cm³/mol. The van der Waals surface area contributed by atoms with E-state index in [-0.39, 0.29) is 42.2 Å². The van der Waals surface area contributed by atoms with Gasteiger partial charge in [-0.15, -0.1) is 0 Å². The van der Waals surface area contributed by atoms with Crippen LogP contribution in [0, 0.1) is 46.3 Å². The van der Waals surface area contributed by atoms with Gasteiger partial charge in [0.25, 0.3) is 0 Å². The largest absolute Gasteiger partial charge is 0.462 e. The Bertz CT molecular complexity index is 2740. The van der Waals surface area contributed by atoms with E-state index in [1.807, 2.05) is 27.7 Å². The molecule has 0 amide bonds. The summed E-state index contributed by atoms with van der Waals surface area (Å²) in [5.41, 5.74) is 6.17. The van der Waals surface area contributed by atoms with Crippen LogP contribution in [0.5, 0.6) is 0 Å². The minimum atomic E-state index is -0.684. The van der Waals surface area contributed by atoms with Crippen molar-refractivity contribution in [2.75, 3.05) is 0 Å². The van der Waals surface area contributed by atoms with Gasteiger partial charge in [0.05, 0.1) is 23.4 Å². The number of aliphatic hydroxyl groups is 4. The van der Waals surface area contributed by atoms with Gasteiger partial charge in [-0.1, -0.05) is 217 Å². The molecular formula is C94H156O12. The van der Waals surface area contributed by atoms with Crippen molar-refractivity contribution < 1.29 is 58.6 Å². The zero-order valence-electron chi connectivity index (χ0n) is 69.5. The van der Waals surface area contributed by atoms with E-state index in [0.29, 0.717) is 84.9 Å². The summed E-state index contributed by atoms with van der Waals surface area (Å²) in [5, 5.41) is 42.0. The molecule has 0 saturated heterocycles. The number of ether oxygens (including phenoxy) is 4. The molecular weight excluding hydrogens is 1320 g/mol. The van der Waals surface area contributed by atoms with Crippen LogP contribution < -0.4 is 0 Å². The van der Waals surface area contributed by atoms with E-state index in [9.17, 15) is 39.6 Å². The van der Waals surface area contributed by atoms with Gasteiger partial charge < -0.3 is 39.4 Å². The second-order valence-electron chi connectivity index (χ2n) is 35.8. The van der Waals surface area contributed by atoms with E-state index in [0.717, 1.165) is 176 Å². The number of esters is 4. The molecule has 0 unspecified atom stereocenters. The van der Waals surface area contributed by atoms with Gasteiger partial charge in [-0.3, -0.25) is 19.2 Å². The molecule has 0 aliphatic heterocycles. The molecule has 12 nitrogen and oxygen atoms in total. The van der Waals surface area contributed by atoms with Crippen LogP contribution in [-0.2, 0) is 38.1 Å². The molecule has 12 heteroatoms. The van der Waals surface area contributed by atoms with Crippen LogP contribution in [0.25, 0.3) is 0 Å². The Labute approximate surface area is 646 Å². The molecule has 6 aliphatic rings. The maximum absolute atomic E-state index is 12.8. The third-order valence-electron chi connectivity index (χ3n) is 25.5. The number of hydrogen-bond donors (Lipinski definition) is 4. The van der Waals surface area contributed by atoms with Crippen molar-refractivity contribution in [3.05, 3.63) is 95.2 Å². The van der Waals surface area contributed by atoms with Gasteiger partial charge in [0.2, 0.25) is 0 Å². The van der Waals surface area contributed by atoms with Crippen molar-refractivity contribution in [3.8, 4) is 0 Å². The summed E-state index contributed by atoms with van der Waals surface area (Å²) in [4.78, 5) is 48.5. The third kappa shape index (κ3) is 33.7. The molecule has 0 aromatic rings. The molecule has 6 rings (SSSR count). The number of fused-ring (bicyclic) bond motifs is 2. The molecule has 14 atom stereocenters. The molecule has 0 radical (unpaired) electrons. The molecule has 0 aromatic heterocycles. The van der Waals surface area contributed by atoms with Crippen LogP contribution >= 0.6 is 0 Å². The fourth-order valence-corrected chi connectivity index (χ4v) is 19.5. The van der Waals surface area contributed by atoms with Crippen LogP contribution in [0.2, 0.25) is 0 Å². The maximum Gasteiger partial charge on any atom is 0.306 e. The minimum absolute atomic E-state index is 0.00825. The van der Waals surface area contributed by atoms with Crippen LogP contribution in [0.3, 0.4) is 0 Å². The molecule has 4 N–H and O–H groups in total. The first-order valence-electron chi connectivity index (χ1n) is 43.5. The molecule has 6 fully saturated rings. The monoisotopic (exact) mass is 1480 g/mol. The molecule has 0 bridgehead atoms. The van der Waals surface area contributed by atoms with E-state index in [4.69, 9.17) is 18.9 Å². The predicted octanol–water partition coefficient (Wildman–Crippen LogP) is 23.7. The van der Waals surface area contributed by atoms with Crippen molar-refractivity contribution in [3.63, 3.8) is 0 Å². The second-order valence-corrected chi connectivity index (χ2v) is 35.8. The van der Waals surface area contributed by atoms with E-state index >= 15 is 0 Å². The van der Waals surface area contributed by atoms with Crippen molar-refractivity contribution in [2.45, 2.75) is 426 Å². The van der Waals surface area contributed by atoms with Gasteiger partial charge in [-0.25, -0.2) is 0 Å². The topological polar surface area (TPSA) is 186 Å². The van der Waals surface area contributed by atoms with Crippen molar-refractivity contribution in [1.82, 2.24) is 0 Å². The summed E-state index contributed by atoms with van der Waals surface area (Å²) in [5.74, 6) is 3.19. The first-order valence-corrected chi connectivity index (χ1v) is 43.5. The fourth-order valence-electron chi connectivity index (χ4n) is 19.5. The van der Waals surface area contributed by atoms with Crippen LogP contribution in [0.4, 0.5) is 0 Å². The highest BCUT2D eigenvalue weighted by atomic mass is 16.6. The molecule has 0 spiro atoms. The Balaban J connectivity index is 0.000000381. The number of carbonyl (C=O) groups is 4. The van der Waals surface area contributed by atoms with Crippen LogP contribution in [0.1, 0.15) is 378 Å². The van der Waals surface area contributed by atoms with E-state index < -0.39 is 29.5 Å². The smallest absolute Gasteiger partial charge is 0.306 e. The lowest BCUT2D eigenvalue weighted by Crippen LogP contribution is -2.36. The Morgan fingerprint density at radius 2 is 0.943 bits per heavy atom. The highest BCUT2D eigenvalue weighted by Crippen LogP contribution is 2.61. The highest BCUT2D eigenvalue weighted by molar-refractivity contribution is 5.70. The van der Waals surface area contributed by atoms with Gasteiger partial charge in [0.15, 0.2) is 0 Å². The first kappa shape index (κ1) is 92.2. The number of allylic oxidation sites excluding steroid dienone is 8. The highest BCUT2D eigenvalue weighted by Gasteiger charge is 2.52. The molecule has 6 aliphatic carbocycles. The van der Waals surface area contributed by atoms with E-state index in [1.54, 1.807) is 0 Å². The second kappa shape index (κ2) is 48.4.